The fourth-order valence-electron chi connectivity index (χ4n) is 5.02. The van der Waals surface area contributed by atoms with E-state index in [2.05, 4.69) is 66.0 Å². The molecule has 1 aliphatic carbocycles. The van der Waals surface area contributed by atoms with E-state index in [1.165, 1.54) is 40.7 Å². The number of aliphatic imine (C=N–C) groups is 1. The average molecular weight is 442 g/mol. The number of nitrogens with zero attached hydrogens (tertiary/aromatic N) is 2. The fraction of sp³-hybridized carbons (Fsp3) is 0.321. The number of hydrogen-bond donors (Lipinski definition) is 1. The van der Waals surface area contributed by atoms with Crippen LogP contribution in [0.15, 0.2) is 59.7 Å². The lowest BCUT2D eigenvalue weighted by atomic mass is 9.90. The zero-order chi connectivity index (χ0) is 22.9. The Morgan fingerprint density at radius 2 is 1.88 bits per heavy atom. The van der Waals surface area contributed by atoms with Crippen molar-refractivity contribution in [3.63, 3.8) is 0 Å². The van der Waals surface area contributed by atoms with Crippen LogP contribution in [0, 0.1) is 13.8 Å². The smallest absolute Gasteiger partial charge is 0.164 e. The minimum absolute atomic E-state index is 0.0226. The number of para-hydroxylation sites is 2. The predicted molar refractivity (Wildman–Crippen MR) is 134 cm³/mol. The van der Waals surface area contributed by atoms with Gasteiger partial charge in [0.25, 0.3) is 0 Å². The second kappa shape index (κ2) is 8.81. The largest absolute Gasteiger partial charge is 0.493 e. The molecule has 2 aromatic carbocycles. The van der Waals surface area contributed by atoms with Crippen LogP contribution in [-0.4, -0.2) is 36.5 Å². The molecule has 1 saturated carbocycles. The maximum absolute atomic E-state index is 5.80. The Labute approximate surface area is 195 Å². The molecule has 1 atom stereocenters. The van der Waals surface area contributed by atoms with Gasteiger partial charge in [0.15, 0.2) is 11.5 Å². The Morgan fingerprint density at radius 1 is 1.06 bits per heavy atom. The number of hydrogen-bond acceptors (Lipinski definition) is 3. The predicted octanol–water partition coefficient (Wildman–Crippen LogP) is 6.19. The highest BCUT2D eigenvalue weighted by Gasteiger charge is 2.27. The molecule has 1 N–H and O–H groups in total. The minimum Gasteiger partial charge on any atom is -0.493 e. The lowest BCUT2D eigenvalue weighted by molar-refractivity contribution is 0.350. The highest BCUT2D eigenvalue weighted by molar-refractivity contribution is 5.85. The van der Waals surface area contributed by atoms with E-state index in [-0.39, 0.29) is 5.92 Å². The van der Waals surface area contributed by atoms with Gasteiger partial charge in [-0.25, -0.2) is 0 Å². The molecule has 0 bridgehead atoms. The first-order valence-corrected chi connectivity index (χ1v) is 11.6. The molecule has 0 aliphatic heterocycles. The van der Waals surface area contributed by atoms with Crippen molar-refractivity contribution in [1.82, 2.24) is 9.55 Å². The number of nitrogens with one attached hydrogen (secondary N) is 1. The standard InChI is InChI=1S/C28H31N3O2/c1-18-14-20(19(2)31(18)21-12-13-21)15-29-16-24(23-9-7-11-27(32-3)28(23)33-4)25-17-30-26-10-6-5-8-22(25)26/h5-11,14-15,17,21,24,30H,12-13,16H2,1-4H3. The Kier molecular flexibility index (Phi) is 5.71. The number of fused-ring (bicyclic) bond motifs is 1. The van der Waals surface area contributed by atoms with Crippen molar-refractivity contribution >= 4 is 17.1 Å². The molecule has 0 spiro atoms. The van der Waals surface area contributed by atoms with Crippen molar-refractivity contribution in [2.75, 3.05) is 20.8 Å². The summed E-state index contributed by atoms with van der Waals surface area (Å²) in [6.07, 6.45) is 6.70. The summed E-state index contributed by atoms with van der Waals surface area (Å²) >= 11 is 0. The van der Waals surface area contributed by atoms with Crippen LogP contribution in [0.4, 0.5) is 0 Å². The Hall–Kier alpha value is -3.47. The van der Waals surface area contributed by atoms with Crippen molar-refractivity contribution in [2.24, 2.45) is 4.99 Å². The quantitative estimate of drug-likeness (QED) is 0.332. The van der Waals surface area contributed by atoms with E-state index in [4.69, 9.17) is 14.5 Å². The van der Waals surface area contributed by atoms with Crippen molar-refractivity contribution in [3.8, 4) is 11.5 Å². The van der Waals surface area contributed by atoms with Gasteiger partial charge in [-0.1, -0.05) is 30.3 Å². The Bertz CT molecular complexity index is 1310. The highest BCUT2D eigenvalue weighted by atomic mass is 16.5. The molecule has 1 unspecified atom stereocenters. The number of aromatic amines is 1. The van der Waals surface area contributed by atoms with E-state index < -0.39 is 0 Å². The normalized spacial score (nSPS) is 14.8. The summed E-state index contributed by atoms with van der Waals surface area (Å²) in [6.45, 7) is 5.01. The maximum Gasteiger partial charge on any atom is 0.164 e. The first kappa shape index (κ1) is 21.4. The lowest BCUT2D eigenvalue weighted by Crippen LogP contribution is -2.08. The van der Waals surface area contributed by atoms with E-state index >= 15 is 0 Å². The van der Waals surface area contributed by atoms with Gasteiger partial charge in [-0.05, 0) is 50.5 Å². The SMILES string of the molecule is COc1cccc(C(CN=Cc2cc(C)n(C3CC3)c2C)c2c[nH]c3ccccc23)c1OC. The zero-order valence-electron chi connectivity index (χ0n) is 19.8. The van der Waals surface area contributed by atoms with Crippen LogP contribution in [0.1, 0.15) is 52.9 Å². The number of aromatic nitrogens is 2. The summed E-state index contributed by atoms with van der Waals surface area (Å²) in [5.74, 6) is 1.52. The van der Waals surface area contributed by atoms with E-state index in [9.17, 15) is 0 Å². The van der Waals surface area contributed by atoms with Crippen molar-refractivity contribution in [2.45, 2.75) is 38.6 Å². The summed E-state index contributed by atoms with van der Waals surface area (Å²) in [7, 11) is 3.37. The van der Waals surface area contributed by atoms with Gasteiger partial charge in [-0.3, -0.25) is 4.99 Å². The second-order valence-corrected chi connectivity index (χ2v) is 8.85. The van der Waals surface area contributed by atoms with Gasteiger partial charge in [0, 0.05) is 57.8 Å². The van der Waals surface area contributed by atoms with E-state index in [1.54, 1.807) is 14.2 Å². The van der Waals surface area contributed by atoms with Crippen LogP contribution < -0.4 is 9.47 Å². The third-order valence-corrected chi connectivity index (χ3v) is 6.76. The molecule has 5 nitrogen and oxygen atoms in total. The van der Waals surface area contributed by atoms with Crippen LogP contribution in [-0.2, 0) is 0 Å². The number of rotatable bonds is 8. The number of aryl methyl sites for hydroxylation is 1. The molecular formula is C28H31N3O2. The molecule has 170 valence electrons. The van der Waals surface area contributed by atoms with Gasteiger partial charge in [0.2, 0.25) is 0 Å². The third-order valence-electron chi connectivity index (χ3n) is 6.76. The summed E-state index contributed by atoms with van der Waals surface area (Å²) in [6, 6.07) is 17.4. The average Bonchev–Trinajstić information content (AvgIpc) is 3.51. The van der Waals surface area contributed by atoms with Gasteiger partial charge in [0.05, 0.1) is 20.8 Å². The molecule has 1 aliphatic rings. The van der Waals surface area contributed by atoms with Gasteiger partial charge in [0.1, 0.15) is 0 Å². The number of methoxy groups -OCH3 is 2. The van der Waals surface area contributed by atoms with Crippen LogP contribution >= 0.6 is 0 Å². The molecular weight excluding hydrogens is 410 g/mol. The van der Waals surface area contributed by atoms with E-state index in [0.29, 0.717) is 12.6 Å². The molecule has 2 heterocycles. The minimum atomic E-state index is 0.0226. The van der Waals surface area contributed by atoms with Crippen LogP contribution in [0.2, 0.25) is 0 Å². The van der Waals surface area contributed by atoms with Crippen molar-refractivity contribution in [3.05, 3.63) is 82.8 Å². The molecule has 5 heteroatoms. The second-order valence-electron chi connectivity index (χ2n) is 8.85. The summed E-state index contributed by atoms with van der Waals surface area (Å²) < 4.78 is 13.9. The number of ether oxygens (including phenoxy) is 2. The van der Waals surface area contributed by atoms with Crippen molar-refractivity contribution in [1.29, 1.82) is 0 Å². The lowest BCUT2D eigenvalue weighted by Gasteiger charge is -2.20. The Balaban J connectivity index is 1.54. The molecule has 0 saturated heterocycles. The highest BCUT2D eigenvalue weighted by Crippen LogP contribution is 2.41. The maximum atomic E-state index is 5.80. The topological polar surface area (TPSA) is 51.5 Å². The third kappa shape index (κ3) is 3.92. The molecule has 5 rings (SSSR count). The first-order valence-electron chi connectivity index (χ1n) is 11.6. The van der Waals surface area contributed by atoms with E-state index in [0.717, 1.165) is 22.6 Å². The molecule has 33 heavy (non-hydrogen) atoms. The van der Waals surface area contributed by atoms with Crippen LogP contribution in [0.3, 0.4) is 0 Å². The number of H-pyrrole nitrogens is 1. The Morgan fingerprint density at radius 3 is 2.64 bits per heavy atom. The van der Waals surface area contributed by atoms with Gasteiger partial charge in [-0.15, -0.1) is 0 Å². The monoisotopic (exact) mass is 441 g/mol. The number of benzene rings is 2. The fourth-order valence-corrected chi connectivity index (χ4v) is 5.02. The van der Waals surface area contributed by atoms with Gasteiger partial charge in [-0.2, -0.15) is 0 Å². The molecule has 2 aromatic heterocycles. The van der Waals surface area contributed by atoms with E-state index in [1.807, 2.05) is 18.3 Å². The summed E-state index contributed by atoms with van der Waals surface area (Å²) in [4.78, 5) is 8.38. The molecule has 1 fully saturated rings. The first-order chi connectivity index (χ1) is 16.1. The molecule has 4 aromatic rings. The molecule has 0 radical (unpaired) electrons. The van der Waals surface area contributed by atoms with Gasteiger partial charge < -0.3 is 19.0 Å². The summed E-state index contributed by atoms with van der Waals surface area (Å²) in [5, 5.41) is 1.20. The van der Waals surface area contributed by atoms with Crippen LogP contribution in [0.5, 0.6) is 11.5 Å². The molecule has 0 amide bonds. The van der Waals surface area contributed by atoms with Gasteiger partial charge >= 0.3 is 0 Å². The van der Waals surface area contributed by atoms with Crippen molar-refractivity contribution < 1.29 is 9.47 Å². The van der Waals surface area contributed by atoms with Crippen LogP contribution in [0.25, 0.3) is 10.9 Å². The summed E-state index contributed by atoms with van der Waals surface area (Å²) in [5.41, 5.74) is 7.23. The zero-order valence-corrected chi connectivity index (χ0v) is 19.8.